The molecular weight excluding hydrogens is 477 g/mol. The highest BCUT2D eigenvalue weighted by atomic mass is 19.1. The summed E-state index contributed by atoms with van der Waals surface area (Å²) < 4.78 is 19.4. The number of likely N-dealkylation sites (tertiary alicyclic amines) is 1. The number of ether oxygens (including phenoxy) is 1. The van der Waals surface area contributed by atoms with E-state index >= 15 is 0 Å². The Kier molecular flexibility index (Phi) is 5.92. The quantitative estimate of drug-likeness (QED) is 0.471. The number of aryl methyl sites for hydroxylation is 1. The average Bonchev–Trinajstić information content (AvgIpc) is 3.31. The van der Waals surface area contributed by atoms with E-state index in [2.05, 4.69) is 30.7 Å². The van der Waals surface area contributed by atoms with Crippen molar-refractivity contribution in [1.29, 1.82) is 0 Å². The number of methoxy groups -OCH3 is 1. The number of aromatic nitrogens is 5. The highest BCUT2D eigenvalue weighted by Gasteiger charge is 2.54. The number of carbonyl (C=O) groups excluding carboxylic acids is 2. The summed E-state index contributed by atoms with van der Waals surface area (Å²) in [5.41, 5.74) is 2.93. The number of rotatable bonds is 6. The van der Waals surface area contributed by atoms with Crippen LogP contribution in [0.15, 0.2) is 24.5 Å². The lowest BCUT2D eigenvalue weighted by Crippen LogP contribution is -2.51. The van der Waals surface area contributed by atoms with Crippen molar-refractivity contribution < 1.29 is 18.7 Å². The van der Waals surface area contributed by atoms with Crippen molar-refractivity contribution in [2.24, 2.45) is 11.8 Å². The van der Waals surface area contributed by atoms with E-state index in [0.717, 1.165) is 44.0 Å². The number of halogens is 1. The number of amides is 2. The van der Waals surface area contributed by atoms with Crippen LogP contribution in [0.3, 0.4) is 0 Å². The Labute approximate surface area is 213 Å². The van der Waals surface area contributed by atoms with Gasteiger partial charge in [0.2, 0.25) is 11.8 Å². The number of carbonyl (C=O) groups is 2. The lowest BCUT2D eigenvalue weighted by Gasteiger charge is -2.39. The number of fused-ring (bicyclic) bond motifs is 1. The van der Waals surface area contributed by atoms with Gasteiger partial charge in [0.15, 0.2) is 5.82 Å². The number of hydrogen-bond acceptors (Lipinski definition) is 6. The van der Waals surface area contributed by atoms with Gasteiger partial charge >= 0.3 is 0 Å². The van der Waals surface area contributed by atoms with Crippen molar-refractivity contribution in [1.82, 2.24) is 35.6 Å². The van der Waals surface area contributed by atoms with E-state index in [-0.39, 0.29) is 34.7 Å². The monoisotopic (exact) mass is 507 g/mol. The van der Waals surface area contributed by atoms with Gasteiger partial charge in [0.05, 0.1) is 24.7 Å². The summed E-state index contributed by atoms with van der Waals surface area (Å²) >= 11 is 0. The first-order valence-corrected chi connectivity index (χ1v) is 12.8. The molecule has 1 spiro atoms. The van der Waals surface area contributed by atoms with Gasteiger partial charge in [-0.05, 0) is 62.5 Å². The first-order valence-electron chi connectivity index (χ1n) is 12.8. The Morgan fingerprint density at radius 2 is 2.14 bits per heavy atom. The van der Waals surface area contributed by atoms with Gasteiger partial charge in [-0.3, -0.25) is 19.8 Å². The van der Waals surface area contributed by atoms with Crippen LogP contribution in [0.25, 0.3) is 11.3 Å². The van der Waals surface area contributed by atoms with Gasteiger partial charge in [0.25, 0.3) is 5.91 Å². The number of nitrogens with zero attached hydrogens (tertiary/aromatic N) is 4. The van der Waals surface area contributed by atoms with E-state index in [1.54, 1.807) is 6.07 Å². The summed E-state index contributed by atoms with van der Waals surface area (Å²) in [7, 11) is 1.45. The molecule has 6 rings (SSSR count). The Hall–Kier alpha value is -3.76. The maximum atomic E-state index is 14.3. The normalized spacial score (nSPS) is 21.9. The molecule has 0 bridgehead atoms. The third-order valence-electron chi connectivity index (χ3n) is 8.14. The number of nitrogens with one attached hydrogen (secondary N) is 3. The van der Waals surface area contributed by atoms with E-state index in [1.165, 1.54) is 18.7 Å². The number of piperidine rings is 1. The minimum Gasteiger partial charge on any atom is -0.481 e. The van der Waals surface area contributed by atoms with Gasteiger partial charge in [-0.15, -0.1) is 0 Å². The molecule has 3 aromatic heterocycles. The highest BCUT2D eigenvalue weighted by Crippen LogP contribution is 2.50. The van der Waals surface area contributed by atoms with Gasteiger partial charge in [0.1, 0.15) is 5.69 Å². The van der Waals surface area contributed by atoms with Crippen molar-refractivity contribution >= 4 is 11.8 Å². The summed E-state index contributed by atoms with van der Waals surface area (Å²) in [5, 5.41) is 17.3. The van der Waals surface area contributed by atoms with Gasteiger partial charge in [0, 0.05) is 42.4 Å². The SMILES string of the molecule is COc1cc(-c2cc(C(=O)N3CC[C@H](C(=O)NC[C@@H]4CCc5n[nH]cc5C4)CC34CC4)[nH]n2)c(F)cn1. The zero-order valence-electron chi connectivity index (χ0n) is 20.7. The molecule has 3 aromatic rings. The van der Waals surface area contributed by atoms with Crippen LogP contribution in [-0.4, -0.2) is 67.8 Å². The maximum Gasteiger partial charge on any atom is 0.272 e. The predicted molar refractivity (Wildman–Crippen MR) is 131 cm³/mol. The highest BCUT2D eigenvalue weighted by molar-refractivity contribution is 5.94. The fourth-order valence-electron chi connectivity index (χ4n) is 5.85. The Morgan fingerprint density at radius 1 is 1.27 bits per heavy atom. The van der Waals surface area contributed by atoms with Crippen LogP contribution in [-0.2, 0) is 17.6 Å². The molecule has 0 radical (unpaired) electrons. The fraction of sp³-hybridized carbons (Fsp3) is 0.500. The standard InChI is InChI=1S/C26H30FN7O3/c1-37-23-9-18(19(27)14-28-23)21-10-22(33-32-21)25(36)34-7-4-16(11-26(34)5-6-26)24(35)29-12-15-2-3-20-17(8-15)13-30-31-20/h9-10,13-16H,2-8,11-12H2,1H3,(H,29,35)(H,30,31)(H,32,33)/t15-,16+/m1/s1. The molecule has 1 aliphatic heterocycles. The molecule has 11 heteroatoms. The molecule has 37 heavy (non-hydrogen) atoms. The van der Waals surface area contributed by atoms with Crippen LogP contribution >= 0.6 is 0 Å². The van der Waals surface area contributed by atoms with Gasteiger partial charge < -0.3 is 15.0 Å². The summed E-state index contributed by atoms with van der Waals surface area (Å²) in [6, 6.07) is 3.01. The largest absolute Gasteiger partial charge is 0.481 e. The minimum atomic E-state index is -0.546. The Balaban J connectivity index is 1.08. The van der Waals surface area contributed by atoms with Crippen LogP contribution in [0.2, 0.25) is 0 Å². The molecule has 4 heterocycles. The van der Waals surface area contributed by atoms with E-state index < -0.39 is 5.82 Å². The molecule has 3 N–H and O–H groups in total. The van der Waals surface area contributed by atoms with Crippen LogP contribution in [0.4, 0.5) is 4.39 Å². The molecule has 2 amide bonds. The minimum absolute atomic E-state index is 0.0855. The van der Waals surface area contributed by atoms with E-state index in [0.29, 0.717) is 43.2 Å². The van der Waals surface area contributed by atoms with Crippen LogP contribution in [0, 0.1) is 17.7 Å². The lowest BCUT2D eigenvalue weighted by atomic mass is 9.86. The maximum absolute atomic E-state index is 14.3. The zero-order chi connectivity index (χ0) is 25.6. The van der Waals surface area contributed by atoms with E-state index in [9.17, 15) is 14.0 Å². The van der Waals surface area contributed by atoms with Gasteiger partial charge in [-0.1, -0.05) is 0 Å². The summed E-state index contributed by atoms with van der Waals surface area (Å²) in [6.45, 7) is 1.17. The molecule has 2 aliphatic carbocycles. The lowest BCUT2D eigenvalue weighted by molar-refractivity contribution is -0.127. The van der Waals surface area contributed by atoms with Crippen molar-refractivity contribution in [2.75, 3.05) is 20.2 Å². The average molecular weight is 508 g/mol. The van der Waals surface area contributed by atoms with E-state index in [1.807, 2.05) is 11.1 Å². The molecule has 1 saturated heterocycles. The van der Waals surface area contributed by atoms with Crippen LogP contribution < -0.4 is 10.1 Å². The first-order chi connectivity index (χ1) is 18.0. The van der Waals surface area contributed by atoms with Gasteiger partial charge in [-0.2, -0.15) is 10.2 Å². The van der Waals surface area contributed by atoms with Crippen LogP contribution in [0.1, 0.15) is 53.8 Å². The number of hydrogen-bond donors (Lipinski definition) is 3. The van der Waals surface area contributed by atoms with Crippen molar-refractivity contribution in [3.8, 4) is 17.1 Å². The molecule has 3 aliphatic rings. The van der Waals surface area contributed by atoms with E-state index in [4.69, 9.17) is 4.74 Å². The van der Waals surface area contributed by atoms with Crippen molar-refractivity contribution in [3.63, 3.8) is 0 Å². The molecular formula is C26H30FN7O3. The summed E-state index contributed by atoms with van der Waals surface area (Å²) in [4.78, 5) is 32.2. The second-order valence-corrected chi connectivity index (χ2v) is 10.5. The molecule has 2 atom stereocenters. The van der Waals surface area contributed by atoms with Crippen LogP contribution in [0.5, 0.6) is 5.88 Å². The smallest absolute Gasteiger partial charge is 0.272 e. The van der Waals surface area contributed by atoms with Crippen molar-refractivity contribution in [2.45, 2.75) is 50.5 Å². The molecule has 10 nitrogen and oxygen atoms in total. The Bertz CT molecular complexity index is 1330. The summed E-state index contributed by atoms with van der Waals surface area (Å²) in [6.07, 6.45) is 8.98. The third kappa shape index (κ3) is 4.47. The molecule has 1 saturated carbocycles. The second-order valence-electron chi connectivity index (χ2n) is 10.5. The molecule has 2 fully saturated rings. The number of aromatic amines is 2. The van der Waals surface area contributed by atoms with Gasteiger partial charge in [-0.25, -0.2) is 9.37 Å². The fourth-order valence-corrected chi connectivity index (χ4v) is 5.85. The molecule has 194 valence electrons. The molecule has 0 aromatic carbocycles. The Morgan fingerprint density at radius 3 is 2.95 bits per heavy atom. The topological polar surface area (TPSA) is 129 Å². The van der Waals surface area contributed by atoms with Crippen molar-refractivity contribution in [3.05, 3.63) is 47.3 Å². The molecule has 0 unspecified atom stereocenters. The third-order valence-corrected chi connectivity index (χ3v) is 8.14. The zero-order valence-corrected chi connectivity index (χ0v) is 20.7. The second kappa shape index (κ2) is 9.28. The first kappa shape index (κ1) is 23.6. The number of pyridine rings is 1. The predicted octanol–water partition coefficient (Wildman–Crippen LogP) is 2.65. The number of H-pyrrole nitrogens is 2. The summed E-state index contributed by atoms with van der Waals surface area (Å²) in [5.74, 6) is -0.0489.